The number of aromatic carboxylic acids is 1. The van der Waals surface area contributed by atoms with Crippen molar-refractivity contribution in [2.24, 2.45) is 5.10 Å². The molecule has 2 aromatic carbocycles. The molecule has 0 saturated carbocycles. The number of ether oxygens (including phenoxy) is 3. The van der Waals surface area contributed by atoms with Crippen LogP contribution in [0, 0.1) is 0 Å². The lowest BCUT2D eigenvalue weighted by Gasteiger charge is -2.13. The molecule has 0 saturated heterocycles. The maximum Gasteiger partial charge on any atom is 0.308 e. The van der Waals surface area contributed by atoms with Gasteiger partial charge in [0, 0.05) is 12.5 Å². The molecule has 2 rings (SSSR count). The Bertz CT molecular complexity index is 805. The fraction of sp³-hybridized carbons (Fsp3) is 0.167. The maximum absolute atomic E-state index is 11.2. The fourth-order valence-electron chi connectivity index (χ4n) is 2.08. The van der Waals surface area contributed by atoms with Gasteiger partial charge in [0.2, 0.25) is 5.75 Å². The van der Waals surface area contributed by atoms with Gasteiger partial charge in [0.15, 0.2) is 11.5 Å². The zero-order chi connectivity index (χ0) is 19.1. The molecule has 0 aliphatic heterocycles. The van der Waals surface area contributed by atoms with Crippen LogP contribution in [0.1, 0.15) is 22.8 Å². The molecule has 0 amide bonds. The molecule has 0 fully saturated rings. The molecule has 0 atom stereocenters. The van der Waals surface area contributed by atoms with Gasteiger partial charge in [-0.05, 0) is 29.8 Å². The summed E-state index contributed by atoms with van der Waals surface area (Å²) in [6.07, 6.45) is 1.51. The van der Waals surface area contributed by atoms with E-state index in [1.807, 2.05) is 0 Å². The highest BCUT2D eigenvalue weighted by atomic mass is 16.6. The van der Waals surface area contributed by atoms with Gasteiger partial charge in [-0.2, -0.15) is 5.10 Å². The highest BCUT2D eigenvalue weighted by Crippen LogP contribution is 2.38. The largest absolute Gasteiger partial charge is 0.545 e. The van der Waals surface area contributed by atoms with Crippen LogP contribution in [0.3, 0.4) is 0 Å². The van der Waals surface area contributed by atoms with Gasteiger partial charge in [-0.1, -0.05) is 12.1 Å². The molecule has 0 unspecified atom stereocenters. The number of hydrazone groups is 1. The fourth-order valence-corrected chi connectivity index (χ4v) is 2.08. The van der Waals surface area contributed by atoms with Crippen molar-refractivity contribution in [3.63, 3.8) is 0 Å². The topological polar surface area (TPSA) is 109 Å². The van der Waals surface area contributed by atoms with Crippen LogP contribution >= 0.6 is 0 Å². The van der Waals surface area contributed by atoms with Crippen molar-refractivity contribution in [1.29, 1.82) is 0 Å². The van der Waals surface area contributed by atoms with Gasteiger partial charge in [0.05, 0.1) is 32.1 Å². The van der Waals surface area contributed by atoms with Gasteiger partial charge in [-0.3, -0.25) is 10.2 Å². The SMILES string of the molecule is COc1cc(/C=N\Nc2ccc(C(=O)[O-])cc2)cc(OC)c1OC(C)=O. The summed E-state index contributed by atoms with van der Waals surface area (Å²) >= 11 is 0. The highest BCUT2D eigenvalue weighted by Gasteiger charge is 2.15. The quantitative estimate of drug-likeness (QED) is 0.345. The third kappa shape index (κ3) is 4.73. The Morgan fingerprint density at radius 1 is 1.08 bits per heavy atom. The number of carbonyl (C=O) groups excluding carboxylic acids is 2. The van der Waals surface area contributed by atoms with Crippen molar-refractivity contribution >= 4 is 23.8 Å². The van der Waals surface area contributed by atoms with Crippen LogP contribution in [0.2, 0.25) is 0 Å². The summed E-state index contributed by atoms with van der Waals surface area (Å²) in [5.41, 5.74) is 4.08. The number of hydrogen-bond donors (Lipinski definition) is 1. The summed E-state index contributed by atoms with van der Waals surface area (Å²) in [5, 5.41) is 14.8. The molecular weight excluding hydrogens is 340 g/mol. The van der Waals surface area contributed by atoms with Crippen LogP contribution in [0.4, 0.5) is 5.69 Å². The first kappa shape index (κ1) is 18.8. The summed E-state index contributed by atoms with van der Waals surface area (Å²) < 4.78 is 15.6. The van der Waals surface area contributed by atoms with E-state index in [0.717, 1.165) is 0 Å². The van der Waals surface area contributed by atoms with Crippen LogP contribution in [0.25, 0.3) is 0 Å². The Balaban J connectivity index is 2.18. The number of rotatable bonds is 7. The Hall–Kier alpha value is -3.55. The van der Waals surface area contributed by atoms with Crippen molar-refractivity contribution in [3.05, 3.63) is 47.5 Å². The van der Waals surface area contributed by atoms with Gasteiger partial charge in [-0.15, -0.1) is 0 Å². The van der Waals surface area contributed by atoms with Crippen molar-refractivity contribution in [2.45, 2.75) is 6.92 Å². The Morgan fingerprint density at radius 2 is 1.65 bits per heavy atom. The molecule has 0 radical (unpaired) electrons. The molecule has 136 valence electrons. The minimum Gasteiger partial charge on any atom is -0.545 e. The van der Waals surface area contributed by atoms with E-state index >= 15 is 0 Å². The van der Waals surface area contributed by atoms with Crippen molar-refractivity contribution in [2.75, 3.05) is 19.6 Å². The second-order valence-corrected chi connectivity index (χ2v) is 5.08. The van der Waals surface area contributed by atoms with E-state index in [1.165, 1.54) is 39.5 Å². The number of methoxy groups -OCH3 is 2. The van der Waals surface area contributed by atoms with Gasteiger partial charge < -0.3 is 24.1 Å². The predicted molar refractivity (Wildman–Crippen MR) is 92.8 cm³/mol. The van der Waals surface area contributed by atoms with Crippen LogP contribution < -0.4 is 24.7 Å². The van der Waals surface area contributed by atoms with E-state index < -0.39 is 11.9 Å². The van der Waals surface area contributed by atoms with Gasteiger partial charge >= 0.3 is 5.97 Å². The zero-order valence-corrected chi connectivity index (χ0v) is 14.4. The molecule has 26 heavy (non-hydrogen) atoms. The van der Waals surface area contributed by atoms with E-state index in [0.29, 0.717) is 22.7 Å². The standard InChI is InChI=1S/C18H18N2O6/c1-11(21)26-17-15(24-2)8-12(9-16(17)25-3)10-19-20-14-6-4-13(5-7-14)18(22)23/h4-10,20H,1-3H3,(H,22,23)/p-1/b19-10-. The molecule has 2 aromatic rings. The van der Waals surface area contributed by atoms with Gasteiger partial charge in [0.25, 0.3) is 0 Å². The van der Waals surface area contributed by atoms with Gasteiger partial charge in [0.1, 0.15) is 0 Å². The second-order valence-electron chi connectivity index (χ2n) is 5.08. The Labute approximate surface area is 150 Å². The monoisotopic (exact) mass is 357 g/mol. The van der Waals surface area contributed by atoms with E-state index in [9.17, 15) is 14.7 Å². The van der Waals surface area contributed by atoms with Gasteiger partial charge in [-0.25, -0.2) is 0 Å². The minimum atomic E-state index is -1.24. The molecule has 0 aromatic heterocycles. The number of benzene rings is 2. The molecule has 0 bridgehead atoms. The first-order valence-electron chi connectivity index (χ1n) is 7.49. The van der Waals surface area contributed by atoms with E-state index in [4.69, 9.17) is 14.2 Å². The second kappa shape index (κ2) is 8.52. The number of carbonyl (C=O) groups is 2. The molecule has 0 aliphatic carbocycles. The number of carboxylic acid groups (broad SMARTS) is 1. The normalized spacial score (nSPS) is 10.4. The summed E-state index contributed by atoms with van der Waals surface area (Å²) in [5.74, 6) is -0.916. The third-order valence-corrected chi connectivity index (χ3v) is 3.26. The molecule has 8 heteroatoms. The molecular formula is C18H17N2O6-. The average Bonchev–Trinajstić information content (AvgIpc) is 2.62. The first-order valence-corrected chi connectivity index (χ1v) is 7.49. The molecule has 0 spiro atoms. The van der Waals surface area contributed by atoms with E-state index in [-0.39, 0.29) is 11.3 Å². The predicted octanol–water partition coefficient (Wildman–Crippen LogP) is 1.44. The summed E-state index contributed by atoms with van der Waals surface area (Å²) in [4.78, 5) is 21.9. The average molecular weight is 357 g/mol. The van der Waals surface area contributed by atoms with Crippen LogP contribution in [0.5, 0.6) is 17.2 Å². The van der Waals surface area contributed by atoms with E-state index in [1.54, 1.807) is 24.3 Å². The number of hydrogen-bond acceptors (Lipinski definition) is 8. The smallest absolute Gasteiger partial charge is 0.308 e. The van der Waals surface area contributed by atoms with Crippen LogP contribution in [-0.4, -0.2) is 32.4 Å². The maximum atomic E-state index is 11.2. The molecule has 0 heterocycles. The van der Waals surface area contributed by atoms with Crippen LogP contribution in [0.15, 0.2) is 41.5 Å². The minimum absolute atomic E-state index is 0.0788. The number of nitrogens with zero attached hydrogens (tertiary/aromatic N) is 1. The number of carboxylic acids is 1. The third-order valence-electron chi connectivity index (χ3n) is 3.26. The molecule has 8 nitrogen and oxygen atoms in total. The van der Waals surface area contributed by atoms with E-state index in [2.05, 4.69) is 10.5 Å². The summed E-state index contributed by atoms with van der Waals surface area (Å²) in [6.45, 7) is 1.28. The van der Waals surface area contributed by atoms with Crippen molar-refractivity contribution < 1.29 is 28.9 Å². The Morgan fingerprint density at radius 3 is 2.12 bits per heavy atom. The molecule has 0 aliphatic rings. The highest BCUT2D eigenvalue weighted by molar-refractivity contribution is 5.86. The lowest BCUT2D eigenvalue weighted by Crippen LogP contribution is -2.21. The first-order chi connectivity index (χ1) is 12.4. The van der Waals surface area contributed by atoms with Crippen molar-refractivity contribution in [3.8, 4) is 17.2 Å². The number of nitrogens with one attached hydrogen (secondary N) is 1. The Kier molecular flexibility index (Phi) is 6.15. The number of anilines is 1. The lowest BCUT2D eigenvalue weighted by molar-refractivity contribution is -0.255. The zero-order valence-electron chi connectivity index (χ0n) is 14.4. The lowest BCUT2D eigenvalue weighted by atomic mass is 10.2. The van der Waals surface area contributed by atoms with Crippen LogP contribution in [-0.2, 0) is 4.79 Å². The van der Waals surface area contributed by atoms with Crippen molar-refractivity contribution in [1.82, 2.24) is 0 Å². The molecule has 1 N–H and O–H groups in total. The summed E-state index contributed by atoms with van der Waals surface area (Å²) in [7, 11) is 2.89. The summed E-state index contributed by atoms with van der Waals surface area (Å²) in [6, 6.07) is 9.21. The number of esters is 1.